The molecule has 0 radical (unpaired) electrons. The normalized spacial score (nSPS) is 22.4. The van der Waals surface area contributed by atoms with Crippen molar-refractivity contribution in [3.05, 3.63) is 59.4 Å². The molecule has 1 aromatic rings. The van der Waals surface area contributed by atoms with E-state index in [1.165, 1.54) is 0 Å². The summed E-state index contributed by atoms with van der Waals surface area (Å²) >= 11 is 0. The van der Waals surface area contributed by atoms with Crippen molar-refractivity contribution in [3.63, 3.8) is 0 Å². The molecule has 1 aliphatic rings. The highest BCUT2D eigenvalue weighted by Gasteiger charge is 2.35. The maximum atomic E-state index is 11.1. The molecule has 0 amide bonds. The third-order valence-corrected chi connectivity index (χ3v) is 4.10. The molecule has 6 nitrogen and oxygen atoms in total. The average molecular weight is 332 g/mol. The van der Waals surface area contributed by atoms with Gasteiger partial charge >= 0.3 is 11.9 Å². The zero-order valence-electron chi connectivity index (χ0n) is 13.5. The quantitative estimate of drug-likeness (QED) is 0.736. The molecule has 2 rings (SSSR count). The van der Waals surface area contributed by atoms with E-state index in [1.807, 2.05) is 44.2 Å². The largest absolute Gasteiger partial charge is 0.479 e. The van der Waals surface area contributed by atoms with E-state index in [-0.39, 0.29) is 11.2 Å². The Morgan fingerprint density at radius 3 is 2.25 bits per heavy atom. The van der Waals surface area contributed by atoms with Crippen molar-refractivity contribution in [2.45, 2.75) is 37.9 Å². The number of aliphatic hydroxyl groups is 1. The lowest BCUT2D eigenvalue weighted by Crippen LogP contribution is -2.41. The number of rotatable bonds is 6. The van der Waals surface area contributed by atoms with E-state index in [0.29, 0.717) is 6.42 Å². The summed E-state index contributed by atoms with van der Waals surface area (Å²) in [5, 5.41) is 27.2. The number of aliphatic hydroxyl groups excluding tert-OH is 1. The predicted octanol–water partition coefficient (Wildman–Crippen LogP) is 2.01. The van der Waals surface area contributed by atoms with Gasteiger partial charge in [0.15, 0.2) is 6.10 Å². The van der Waals surface area contributed by atoms with Crippen LogP contribution in [0.25, 0.3) is 0 Å². The van der Waals surface area contributed by atoms with Gasteiger partial charge in [0.2, 0.25) is 6.10 Å². The molecule has 24 heavy (non-hydrogen) atoms. The van der Waals surface area contributed by atoms with Gasteiger partial charge in [0.25, 0.3) is 0 Å². The second kappa shape index (κ2) is 6.88. The van der Waals surface area contributed by atoms with Crippen molar-refractivity contribution in [1.82, 2.24) is 0 Å². The molecule has 128 valence electrons. The number of carbonyl (C=O) groups is 2. The lowest BCUT2D eigenvalue weighted by Gasteiger charge is -2.29. The van der Waals surface area contributed by atoms with Crippen LogP contribution in [0.2, 0.25) is 0 Å². The number of allylic oxidation sites excluding steroid dienone is 3. The van der Waals surface area contributed by atoms with Gasteiger partial charge in [-0.2, -0.15) is 0 Å². The summed E-state index contributed by atoms with van der Waals surface area (Å²) in [5.74, 6) is -2.95. The van der Waals surface area contributed by atoms with Gasteiger partial charge in [0.1, 0.15) is 5.76 Å². The fourth-order valence-corrected chi connectivity index (χ4v) is 2.48. The third-order valence-electron chi connectivity index (χ3n) is 4.10. The topological polar surface area (TPSA) is 104 Å². The molecule has 3 N–H and O–H groups in total. The first kappa shape index (κ1) is 17.7. The average Bonchev–Trinajstić information content (AvgIpc) is 2.54. The van der Waals surface area contributed by atoms with Gasteiger partial charge in [-0.3, -0.25) is 0 Å². The molecule has 1 aromatic carbocycles. The van der Waals surface area contributed by atoms with E-state index in [2.05, 4.69) is 0 Å². The van der Waals surface area contributed by atoms with Crippen LogP contribution in [0.5, 0.6) is 0 Å². The van der Waals surface area contributed by atoms with Crippen LogP contribution in [0.3, 0.4) is 0 Å². The van der Waals surface area contributed by atoms with Crippen LogP contribution in [0.1, 0.15) is 24.5 Å². The van der Waals surface area contributed by atoms with Crippen molar-refractivity contribution in [2.24, 2.45) is 0 Å². The molecule has 3 unspecified atom stereocenters. The summed E-state index contributed by atoms with van der Waals surface area (Å²) in [6.07, 6.45) is 1.76. The van der Waals surface area contributed by atoms with Crippen molar-refractivity contribution >= 4 is 11.9 Å². The molecule has 6 heteroatoms. The monoisotopic (exact) mass is 332 g/mol. The smallest absolute Gasteiger partial charge is 0.348 e. The molecule has 1 aliphatic carbocycles. The van der Waals surface area contributed by atoms with E-state index in [9.17, 15) is 14.7 Å². The van der Waals surface area contributed by atoms with E-state index in [4.69, 9.17) is 14.9 Å². The maximum Gasteiger partial charge on any atom is 0.348 e. The third kappa shape index (κ3) is 3.83. The standard InChI is InChI=1S/C18H20O6/c1-11-3-5-12(6-4-11)18(2)9-7-13(8-10-18)24-15(17(22)23)14(19)16(20)21/h3-9,14-15,19H,10H2,1-2H3,(H,20,21)(H,22,23). The SMILES string of the molecule is Cc1ccc(C2(C)C=CC(OC(C(=O)O)C(O)C(=O)O)=CC2)cc1. The fourth-order valence-electron chi connectivity index (χ4n) is 2.48. The minimum atomic E-state index is -2.14. The lowest BCUT2D eigenvalue weighted by molar-refractivity contribution is -0.167. The van der Waals surface area contributed by atoms with Crippen LogP contribution < -0.4 is 0 Å². The Hall–Kier alpha value is -2.60. The summed E-state index contributed by atoms with van der Waals surface area (Å²) in [4.78, 5) is 21.9. The number of aryl methyl sites for hydroxylation is 1. The molecule has 0 saturated carbocycles. The van der Waals surface area contributed by atoms with Crippen molar-refractivity contribution < 1.29 is 29.6 Å². The van der Waals surface area contributed by atoms with Gasteiger partial charge < -0.3 is 20.1 Å². The minimum absolute atomic E-state index is 0.229. The first-order valence-corrected chi connectivity index (χ1v) is 7.50. The molecule has 0 bridgehead atoms. The lowest BCUT2D eigenvalue weighted by atomic mass is 9.77. The molecule has 0 heterocycles. The number of hydrogen-bond donors (Lipinski definition) is 3. The molecular weight excluding hydrogens is 312 g/mol. The molecular formula is C18H20O6. The Balaban J connectivity index is 2.12. The van der Waals surface area contributed by atoms with Crippen molar-refractivity contribution in [2.75, 3.05) is 0 Å². The molecule has 3 atom stereocenters. The van der Waals surface area contributed by atoms with Gasteiger partial charge in [-0.25, -0.2) is 9.59 Å². The predicted molar refractivity (Wildman–Crippen MR) is 86.5 cm³/mol. The molecule has 0 saturated heterocycles. The van der Waals surface area contributed by atoms with Crippen LogP contribution in [-0.2, 0) is 19.7 Å². The summed E-state index contributed by atoms with van der Waals surface area (Å²) in [6, 6.07) is 8.11. The van der Waals surface area contributed by atoms with Crippen LogP contribution in [0, 0.1) is 6.92 Å². The van der Waals surface area contributed by atoms with E-state index in [1.54, 1.807) is 12.2 Å². The molecule has 0 fully saturated rings. The first-order valence-electron chi connectivity index (χ1n) is 7.50. The highest BCUT2D eigenvalue weighted by molar-refractivity contribution is 5.83. The van der Waals surface area contributed by atoms with Gasteiger partial charge in [-0.15, -0.1) is 0 Å². The maximum absolute atomic E-state index is 11.1. The van der Waals surface area contributed by atoms with E-state index in [0.717, 1.165) is 11.1 Å². The van der Waals surface area contributed by atoms with Crippen molar-refractivity contribution in [1.29, 1.82) is 0 Å². The van der Waals surface area contributed by atoms with Crippen molar-refractivity contribution in [3.8, 4) is 0 Å². The number of hydrogen-bond acceptors (Lipinski definition) is 4. The van der Waals surface area contributed by atoms with Crippen LogP contribution in [0.4, 0.5) is 0 Å². The van der Waals surface area contributed by atoms with Crippen LogP contribution in [0.15, 0.2) is 48.3 Å². The number of carboxylic acids is 2. The van der Waals surface area contributed by atoms with E-state index < -0.39 is 24.1 Å². The zero-order valence-corrected chi connectivity index (χ0v) is 13.5. The number of ether oxygens (including phenoxy) is 1. The van der Waals surface area contributed by atoms with Crippen LogP contribution in [-0.4, -0.2) is 39.5 Å². The Kier molecular flexibility index (Phi) is 5.09. The highest BCUT2D eigenvalue weighted by atomic mass is 16.5. The second-order valence-electron chi connectivity index (χ2n) is 6.09. The Morgan fingerprint density at radius 2 is 1.79 bits per heavy atom. The first-order chi connectivity index (χ1) is 11.2. The van der Waals surface area contributed by atoms with E-state index >= 15 is 0 Å². The molecule has 0 spiro atoms. The summed E-state index contributed by atoms with van der Waals surface area (Å²) in [6.45, 7) is 4.05. The Morgan fingerprint density at radius 1 is 1.17 bits per heavy atom. The number of carboxylic acid groups (broad SMARTS) is 2. The Bertz CT molecular complexity index is 688. The zero-order chi connectivity index (χ0) is 17.9. The summed E-state index contributed by atoms with van der Waals surface area (Å²) in [7, 11) is 0. The fraction of sp³-hybridized carbons (Fsp3) is 0.333. The second-order valence-corrected chi connectivity index (χ2v) is 6.09. The number of aliphatic carboxylic acids is 2. The summed E-state index contributed by atoms with van der Waals surface area (Å²) < 4.78 is 5.17. The number of benzene rings is 1. The molecule has 0 aromatic heterocycles. The van der Waals surface area contributed by atoms with Gasteiger partial charge in [-0.05, 0) is 31.1 Å². The minimum Gasteiger partial charge on any atom is -0.479 e. The van der Waals surface area contributed by atoms with Crippen LogP contribution >= 0.6 is 0 Å². The molecule has 0 aliphatic heterocycles. The highest BCUT2D eigenvalue weighted by Crippen LogP contribution is 2.34. The van der Waals surface area contributed by atoms with Gasteiger partial charge in [0, 0.05) is 5.41 Å². The van der Waals surface area contributed by atoms with Gasteiger partial charge in [-0.1, -0.05) is 42.8 Å². The summed E-state index contributed by atoms with van der Waals surface area (Å²) in [5.41, 5.74) is 2.01. The Labute approximate surface area is 139 Å². The van der Waals surface area contributed by atoms with Gasteiger partial charge in [0.05, 0.1) is 0 Å².